The van der Waals surface area contributed by atoms with Crippen LogP contribution in [0.2, 0.25) is 0 Å². The molecule has 0 aliphatic heterocycles. The van der Waals surface area contributed by atoms with Gasteiger partial charge in [-0.2, -0.15) is 45.5 Å². The minimum absolute atomic E-state index is 0. The molecule has 4 rings (SSSR count). The second-order valence-electron chi connectivity index (χ2n) is 6.74. The van der Waals surface area contributed by atoms with Gasteiger partial charge in [-0.3, -0.25) is 0 Å². The largest absolute Gasteiger partial charge is 4.00 e. The van der Waals surface area contributed by atoms with Crippen LogP contribution in [0.25, 0.3) is 0 Å². The average molecular weight is 358 g/mol. The van der Waals surface area contributed by atoms with E-state index in [2.05, 4.69) is 24.3 Å². The van der Waals surface area contributed by atoms with Gasteiger partial charge in [0.15, 0.2) is 0 Å². The standard InChI is InChI=1S/C20H24.Zr.2H/c1-2-6-18-12-15(11-17(18)5-1)9-10-16-13-19-7-3-4-8-20(19)14-16;;;/h11-14H,1-10H2;;;/q-2;+4;2*-1. The van der Waals surface area contributed by atoms with E-state index in [0.29, 0.717) is 0 Å². The van der Waals surface area contributed by atoms with Gasteiger partial charge in [0.1, 0.15) is 0 Å². The Balaban J connectivity index is 0.000000882. The van der Waals surface area contributed by atoms with Crippen LogP contribution in [0.15, 0.2) is 24.3 Å². The Morgan fingerprint density at radius 3 is 1.57 bits per heavy atom. The second kappa shape index (κ2) is 6.78. The summed E-state index contributed by atoms with van der Waals surface area (Å²) in [4.78, 5) is 0. The summed E-state index contributed by atoms with van der Waals surface area (Å²) < 4.78 is 0. The molecule has 0 nitrogen and oxygen atoms in total. The van der Waals surface area contributed by atoms with E-state index in [-0.39, 0.29) is 29.1 Å². The van der Waals surface area contributed by atoms with Gasteiger partial charge in [0, 0.05) is 0 Å². The molecule has 0 spiro atoms. The number of rotatable bonds is 3. The molecule has 0 N–H and O–H groups in total. The Morgan fingerprint density at radius 1 is 0.714 bits per heavy atom. The van der Waals surface area contributed by atoms with Gasteiger partial charge in [-0.25, -0.2) is 12.1 Å². The SMILES string of the molecule is [H-].[H-].[Zr+4].c1c(CCc2cc3c([cH-]2)CCCC3)[cH-]c2c1CCCC2. The summed E-state index contributed by atoms with van der Waals surface area (Å²) in [5, 5.41) is 0. The van der Waals surface area contributed by atoms with Crippen LogP contribution in [0, 0.1) is 0 Å². The van der Waals surface area contributed by atoms with Crippen molar-refractivity contribution in [3.63, 3.8) is 0 Å². The molecular weight excluding hydrogens is 331 g/mol. The molecule has 21 heavy (non-hydrogen) atoms. The van der Waals surface area contributed by atoms with Crippen molar-refractivity contribution in [1.82, 2.24) is 0 Å². The molecule has 0 bridgehead atoms. The molecule has 110 valence electrons. The summed E-state index contributed by atoms with van der Waals surface area (Å²) in [6.45, 7) is 0. The van der Waals surface area contributed by atoms with Crippen LogP contribution >= 0.6 is 0 Å². The minimum Gasteiger partial charge on any atom is -1.00 e. The first-order valence-electron chi connectivity index (χ1n) is 8.43. The van der Waals surface area contributed by atoms with E-state index in [1.165, 1.54) is 64.2 Å². The van der Waals surface area contributed by atoms with Gasteiger partial charge in [0.25, 0.3) is 0 Å². The van der Waals surface area contributed by atoms with Gasteiger partial charge in [-0.1, -0.05) is 51.4 Å². The normalized spacial score (nSPS) is 17.0. The summed E-state index contributed by atoms with van der Waals surface area (Å²) in [5.41, 5.74) is 9.74. The molecule has 0 radical (unpaired) electrons. The fourth-order valence-electron chi connectivity index (χ4n) is 4.12. The van der Waals surface area contributed by atoms with Gasteiger partial charge in [0.05, 0.1) is 0 Å². The molecule has 0 heterocycles. The number of fused-ring (bicyclic) bond motifs is 2. The zero-order valence-corrected chi connectivity index (χ0v) is 15.3. The zero-order valence-electron chi connectivity index (χ0n) is 14.9. The van der Waals surface area contributed by atoms with E-state index < -0.39 is 0 Å². The first kappa shape index (κ1) is 15.5. The molecule has 0 atom stereocenters. The molecule has 0 aromatic heterocycles. The molecule has 2 aromatic rings. The van der Waals surface area contributed by atoms with Gasteiger partial charge in [0.2, 0.25) is 0 Å². The van der Waals surface area contributed by atoms with Crippen molar-refractivity contribution in [2.75, 3.05) is 0 Å². The van der Waals surface area contributed by atoms with Crippen molar-refractivity contribution >= 4 is 0 Å². The first-order chi connectivity index (χ1) is 9.88. The Morgan fingerprint density at radius 2 is 1.14 bits per heavy atom. The fourth-order valence-corrected chi connectivity index (χ4v) is 4.12. The van der Waals surface area contributed by atoms with E-state index in [0.717, 1.165) is 0 Å². The van der Waals surface area contributed by atoms with Crippen molar-refractivity contribution in [2.24, 2.45) is 0 Å². The maximum Gasteiger partial charge on any atom is 4.00 e. The Hall–Kier alpha value is -0.417. The van der Waals surface area contributed by atoms with E-state index in [1.54, 1.807) is 33.4 Å². The molecule has 0 saturated heterocycles. The predicted molar refractivity (Wildman–Crippen MR) is 87.0 cm³/mol. The summed E-state index contributed by atoms with van der Waals surface area (Å²) >= 11 is 0. The van der Waals surface area contributed by atoms with E-state index in [1.807, 2.05) is 0 Å². The van der Waals surface area contributed by atoms with Crippen molar-refractivity contribution < 1.29 is 29.1 Å². The van der Waals surface area contributed by atoms with Crippen LogP contribution < -0.4 is 0 Å². The third-order valence-electron chi connectivity index (χ3n) is 5.25. The molecule has 0 saturated carbocycles. The van der Waals surface area contributed by atoms with Crippen LogP contribution in [0.5, 0.6) is 0 Å². The molecule has 2 aliphatic rings. The summed E-state index contributed by atoms with van der Waals surface area (Å²) in [6.07, 6.45) is 13.3. The van der Waals surface area contributed by atoms with Crippen LogP contribution in [-0.4, -0.2) is 0 Å². The Bertz CT molecular complexity index is 508. The maximum absolute atomic E-state index is 2.48. The monoisotopic (exact) mass is 356 g/mol. The van der Waals surface area contributed by atoms with Crippen molar-refractivity contribution in [3.8, 4) is 0 Å². The molecule has 2 aliphatic carbocycles. The number of hydrogen-bond donors (Lipinski definition) is 0. The third-order valence-corrected chi connectivity index (χ3v) is 5.25. The van der Waals surface area contributed by atoms with Gasteiger partial charge >= 0.3 is 26.2 Å². The molecule has 0 fully saturated rings. The Kier molecular flexibility index (Phi) is 5.00. The quantitative estimate of drug-likeness (QED) is 0.686. The van der Waals surface area contributed by atoms with Gasteiger partial charge in [-0.15, -0.1) is 0 Å². The number of hydrogen-bond acceptors (Lipinski definition) is 0. The first-order valence-corrected chi connectivity index (χ1v) is 8.43. The van der Waals surface area contributed by atoms with Crippen LogP contribution in [0.4, 0.5) is 0 Å². The number of aryl methyl sites for hydroxylation is 6. The average Bonchev–Trinajstić information content (AvgIpc) is 3.07. The van der Waals surface area contributed by atoms with E-state index in [4.69, 9.17) is 0 Å². The smallest absolute Gasteiger partial charge is 1.00 e. The van der Waals surface area contributed by atoms with Gasteiger partial charge in [-0.05, 0) is 12.8 Å². The molecule has 2 aromatic carbocycles. The van der Waals surface area contributed by atoms with Crippen LogP contribution in [0.3, 0.4) is 0 Å². The van der Waals surface area contributed by atoms with Crippen molar-refractivity contribution in [3.05, 3.63) is 57.6 Å². The molecule has 0 amide bonds. The topological polar surface area (TPSA) is 0 Å². The molecule has 0 unspecified atom stereocenters. The predicted octanol–water partition coefficient (Wildman–Crippen LogP) is 4.89. The summed E-state index contributed by atoms with van der Waals surface area (Å²) in [6, 6.07) is 9.93. The Labute approximate surface area is 150 Å². The van der Waals surface area contributed by atoms with E-state index >= 15 is 0 Å². The van der Waals surface area contributed by atoms with Crippen molar-refractivity contribution in [1.29, 1.82) is 0 Å². The third kappa shape index (κ3) is 3.34. The van der Waals surface area contributed by atoms with Crippen molar-refractivity contribution in [2.45, 2.75) is 64.2 Å². The van der Waals surface area contributed by atoms with Crippen LogP contribution in [-0.2, 0) is 64.7 Å². The minimum atomic E-state index is 0. The van der Waals surface area contributed by atoms with Crippen LogP contribution in [0.1, 0.15) is 61.9 Å². The molecule has 1 heteroatoms. The molecular formula is C20H26Zr. The summed E-state index contributed by atoms with van der Waals surface area (Å²) in [7, 11) is 0. The zero-order chi connectivity index (χ0) is 13.4. The maximum atomic E-state index is 2.48. The summed E-state index contributed by atoms with van der Waals surface area (Å²) in [5.74, 6) is 0. The van der Waals surface area contributed by atoms with Gasteiger partial charge < -0.3 is 2.85 Å². The van der Waals surface area contributed by atoms with E-state index in [9.17, 15) is 0 Å². The second-order valence-corrected chi connectivity index (χ2v) is 6.74. The fraction of sp³-hybridized carbons (Fsp3) is 0.500.